The number of carboxylic acid groups (broad SMARTS) is 1. The fourth-order valence-electron chi connectivity index (χ4n) is 1.95. The number of aliphatic hydroxyl groups is 1. The van der Waals surface area contributed by atoms with Crippen LogP contribution >= 0.6 is 0 Å². The van der Waals surface area contributed by atoms with Crippen molar-refractivity contribution in [1.29, 1.82) is 0 Å². The van der Waals surface area contributed by atoms with Gasteiger partial charge >= 0.3 is 5.97 Å². The summed E-state index contributed by atoms with van der Waals surface area (Å²) in [6, 6.07) is 4.33. The maximum absolute atomic E-state index is 13.0. The van der Waals surface area contributed by atoms with Gasteiger partial charge in [-0.05, 0) is 30.0 Å². The van der Waals surface area contributed by atoms with Crippen LogP contribution in [-0.4, -0.2) is 28.1 Å². The Morgan fingerprint density at radius 3 is 2.52 bits per heavy atom. The number of aliphatic hydroxyl groups excluding tert-OH is 1. The van der Waals surface area contributed by atoms with E-state index in [9.17, 15) is 19.1 Å². The summed E-state index contributed by atoms with van der Waals surface area (Å²) in [5.41, 5.74) is 0.279. The predicted octanol–water partition coefficient (Wildman–Crippen LogP) is 1.86. The van der Waals surface area contributed by atoms with E-state index >= 15 is 0 Å². The summed E-state index contributed by atoms with van der Waals surface area (Å²) in [6.45, 7) is 3.70. The lowest BCUT2D eigenvalue weighted by molar-refractivity contribution is -0.142. The highest BCUT2D eigenvalue weighted by molar-refractivity contribution is 5.83. The van der Waals surface area contributed by atoms with Crippen molar-refractivity contribution in [2.75, 3.05) is 0 Å². The van der Waals surface area contributed by atoms with E-state index < -0.39 is 29.8 Å². The zero-order valence-corrected chi connectivity index (χ0v) is 12.0. The number of hydrogen-bond acceptors (Lipinski definition) is 3. The minimum absolute atomic E-state index is 0.111. The third-order valence-corrected chi connectivity index (χ3v) is 2.95. The Bertz CT molecular complexity index is 504. The molecule has 0 heterocycles. The summed E-state index contributed by atoms with van der Waals surface area (Å²) in [7, 11) is 0. The fourth-order valence-corrected chi connectivity index (χ4v) is 1.95. The van der Waals surface area contributed by atoms with Crippen molar-refractivity contribution in [3.05, 3.63) is 35.6 Å². The van der Waals surface area contributed by atoms with Crippen LogP contribution < -0.4 is 5.32 Å². The van der Waals surface area contributed by atoms with Crippen LogP contribution in [-0.2, 0) is 9.59 Å². The Morgan fingerprint density at radius 1 is 1.33 bits per heavy atom. The first kappa shape index (κ1) is 17.1. The Kier molecular flexibility index (Phi) is 6.30. The first-order chi connectivity index (χ1) is 9.79. The van der Waals surface area contributed by atoms with E-state index in [0.29, 0.717) is 6.42 Å². The number of halogens is 1. The standard InChI is InChI=1S/C15H20FNO4/c1-9(2)6-12(15(20)21)17-14(19)8-13(18)10-4-3-5-11(16)7-10/h3-5,7,9,12-13,18H,6,8H2,1-2H3,(H,17,19)(H,20,21). The van der Waals surface area contributed by atoms with Crippen LogP contribution in [0.25, 0.3) is 0 Å². The predicted molar refractivity (Wildman–Crippen MR) is 75.0 cm³/mol. The van der Waals surface area contributed by atoms with E-state index in [0.717, 1.165) is 6.07 Å². The van der Waals surface area contributed by atoms with Crippen molar-refractivity contribution in [3.63, 3.8) is 0 Å². The molecule has 1 rings (SSSR count). The van der Waals surface area contributed by atoms with E-state index in [1.54, 1.807) is 0 Å². The molecule has 0 spiro atoms. The molecular formula is C15H20FNO4. The van der Waals surface area contributed by atoms with Crippen LogP contribution in [0.5, 0.6) is 0 Å². The Labute approximate surface area is 122 Å². The molecule has 0 fully saturated rings. The average molecular weight is 297 g/mol. The smallest absolute Gasteiger partial charge is 0.326 e. The zero-order valence-electron chi connectivity index (χ0n) is 12.0. The minimum atomic E-state index is -1.17. The lowest BCUT2D eigenvalue weighted by Crippen LogP contribution is -2.42. The molecule has 0 saturated heterocycles. The van der Waals surface area contributed by atoms with Crippen LogP contribution in [0.2, 0.25) is 0 Å². The lowest BCUT2D eigenvalue weighted by atomic mass is 10.0. The third-order valence-electron chi connectivity index (χ3n) is 2.95. The Hall–Kier alpha value is -1.95. The normalized spacial score (nSPS) is 13.8. The van der Waals surface area contributed by atoms with E-state index in [2.05, 4.69) is 5.32 Å². The van der Waals surface area contributed by atoms with Crippen LogP contribution in [0.1, 0.15) is 38.4 Å². The molecule has 0 saturated carbocycles. The number of hydrogen-bond donors (Lipinski definition) is 3. The van der Waals surface area contributed by atoms with E-state index in [1.807, 2.05) is 13.8 Å². The Morgan fingerprint density at radius 2 is 2.00 bits per heavy atom. The van der Waals surface area contributed by atoms with Gasteiger partial charge in [0.2, 0.25) is 5.91 Å². The van der Waals surface area contributed by atoms with Crippen molar-refractivity contribution in [1.82, 2.24) is 5.32 Å². The molecule has 2 unspecified atom stereocenters. The van der Waals surface area contributed by atoms with Gasteiger partial charge in [-0.15, -0.1) is 0 Å². The van der Waals surface area contributed by atoms with Crippen molar-refractivity contribution in [2.24, 2.45) is 5.92 Å². The van der Waals surface area contributed by atoms with Gasteiger partial charge in [0.1, 0.15) is 11.9 Å². The second-order valence-corrected chi connectivity index (χ2v) is 5.36. The number of rotatable bonds is 7. The molecule has 1 aromatic rings. The number of carbonyl (C=O) groups excluding carboxylic acids is 1. The summed E-state index contributed by atoms with van der Waals surface area (Å²) in [4.78, 5) is 22.8. The van der Waals surface area contributed by atoms with Gasteiger partial charge in [0.05, 0.1) is 12.5 Å². The summed E-state index contributed by atoms with van der Waals surface area (Å²) >= 11 is 0. The summed E-state index contributed by atoms with van der Waals surface area (Å²) in [5.74, 6) is -2.09. The third kappa shape index (κ3) is 5.91. The van der Waals surface area contributed by atoms with Gasteiger partial charge in [0.25, 0.3) is 0 Å². The first-order valence-electron chi connectivity index (χ1n) is 6.75. The molecule has 0 aromatic heterocycles. The summed E-state index contributed by atoms with van der Waals surface area (Å²) < 4.78 is 13.0. The molecule has 2 atom stereocenters. The van der Waals surface area contributed by atoms with Gasteiger partial charge in [-0.1, -0.05) is 26.0 Å². The largest absolute Gasteiger partial charge is 0.480 e. The van der Waals surface area contributed by atoms with Gasteiger partial charge in [-0.25, -0.2) is 9.18 Å². The molecule has 1 amide bonds. The summed E-state index contributed by atoms with van der Waals surface area (Å²) in [6.07, 6.45) is -1.18. The van der Waals surface area contributed by atoms with E-state index in [1.165, 1.54) is 18.2 Å². The second kappa shape index (κ2) is 7.73. The van der Waals surface area contributed by atoms with Crippen molar-refractivity contribution in [2.45, 2.75) is 38.8 Å². The molecule has 0 aliphatic heterocycles. The first-order valence-corrected chi connectivity index (χ1v) is 6.75. The van der Waals surface area contributed by atoms with Gasteiger partial charge in [-0.3, -0.25) is 4.79 Å². The van der Waals surface area contributed by atoms with E-state index in [-0.39, 0.29) is 17.9 Å². The van der Waals surface area contributed by atoms with Crippen molar-refractivity contribution in [3.8, 4) is 0 Å². The quantitative estimate of drug-likeness (QED) is 0.717. The highest BCUT2D eigenvalue weighted by Gasteiger charge is 2.22. The molecule has 6 heteroatoms. The topological polar surface area (TPSA) is 86.6 Å². The number of aliphatic carboxylic acids is 1. The molecule has 21 heavy (non-hydrogen) atoms. The molecule has 1 aromatic carbocycles. The molecule has 0 aliphatic rings. The number of nitrogens with one attached hydrogen (secondary N) is 1. The average Bonchev–Trinajstić information content (AvgIpc) is 2.37. The number of carboxylic acids is 1. The van der Waals surface area contributed by atoms with Gasteiger partial charge < -0.3 is 15.5 Å². The lowest BCUT2D eigenvalue weighted by Gasteiger charge is -2.18. The molecule has 0 bridgehead atoms. The molecule has 3 N–H and O–H groups in total. The number of amides is 1. The molecule has 0 radical (unpaired) electrons. The van der Waals surface area contributed by atoms with Crippen LogP contribution in [0.3, 0.4) is 0 Å². The van der Waals surface area contributed by atoms with Gasteiger partial charge in [0.15, 0.2) is 0 Å². The monoisotopic (exact) mass is 297 g/mol. The van der Waals surface area contributed by atoms with Crippen molar-refractivity contribution < 1.29 is 24.2 Å². The maximum atomic E-state index is 13.0. The van der Waals surface area contributed by atoms with Crippen LogP contribution in [0.4, 0.5) is 4.39 Å². The maximum Gasteiger partial charge on any atom is 0.326 e. The fraction of sp³-hybridized carbons (Fsp3) is 0.467. The zero-order chi connectivity index (χ0) is 16.0. The highest BCUT2D eigenvalue weighted by Crippen LogP contribution is 2.17. The number of benzene rings is 1. The second-order valence-electron chi connectivity index (χ2n) is 5.36. The SMILES string of the molecule is CC(C)CC(NC(=O)CC(O)c1cccc(F)c1)C(=O)O. The molecule has 5 nitrogen and oxygen atoms in total. The van der Waals surface area contributed by atoms with Gasteiger partial charge in [-0.2, -0.15) is 0 Å². The van der Waals surface area contributed by atoms with E-state index in [4.69, 9.17) is 5.11 Å². The van der Waals surface area contributed by atoms with Crippen LogP contribution in [0.15, 0.2) is 24.3 Å². The molecule has 0 aliphatic carbocycles. The molecular weight excluding hydrogens is 277 g/mol. The number of carbonyl (C=O) groups is 2. The minimum Gasteiger partial charge on any atom is -0.480 e. The van der Waals surface area contributed by atoms with Crippen molar-refractivity contribution >= 4 is 11.9 Å². The summed E-state index contributed by atoms with van der Waals surface area (Å²) in [5, 5.41) is 21.3. The van der Waals surface area contributed by atoms with Gasteiger partial charge in [0, 0.05) is 0 Å². The van der Waals surface area contributed by atoms with Crippen LogP contribution in [0, 0.1) is 11.7 Å². The highest BCUT2D eigenvalue weighted by atomic mass is 19.1. The molecule has 116 valence electrons. The Balaban J connectivity index is 2.61.